The van der Waals surface area contributed by atoms with E-state index in [0.717, 1.165) is 37.6 Å². The predicted octanol–water partition coefficient (Wildman–Crippen LogP) is 1.29. The number of rotatable bonds is 19. The third-order valence-electron chi connectivity index (χ3n) is 12.5. The van der Waals surface area contributed by atoms with Gasteiger partial charge in [-0.2, -0.15) is 12.7 Å². The molecule has 0 aliphatic carbocycles. The monoisotopic (exact) mass is 1120 g/mol. The molecule has 4 aliphatic heterocycles. The van der Waals surface area contributed by atoms with Gasteiger partial charge in [-0.25, -0.2) is 42.8 Å². The van der Waals surface area contributed by atoms with E-state index in [1.165, 1.54) is 16.5 Å². The number of nitrogen functional groups attached to an aromatic ring is 1. The van der Waals surface area contributed by atoms with E-state index in [0.29, 0.717) is 53.2 Å². The van der Waals surface area contributed by atoms with E-state index in [9.17, 15) is 56.4 Å². The molecule has 2 amide bonds. The minimum absolute atomic E-state index is 0.0322. The van der Waals surface area contributed by atoms with Gasteiger partial charge in [0.1, 0.15) is 48.2 Å². The number of carbonyl (C=O) groups excluding carboxylic acids is 2. The van der Waals surface area contributed by atoms with Gasteiger partial charge in [0.2, 0.25) is 11.3 Å². The fourth-order valence-electron chi connectivity index (χ4n) is 9.45. The number of hydrogen-bond acceptors (Lipinski definition) is 20. The minimum atomic E-state index is -5.67. The number of aliphatic hydroxyl groups excluding tert-OH is 1. The van der Waals surface area contributed by atoms with Gasteiger partial charge in [0, 0.05) is 61.2 Å². The van der Waals surface area contributed by atoms with Crippen LogP contribution in [0.2, 0.25) is 0 Å². The first-order chi connectivity index (χ1) is 34.2. The highest BCUT2D eigenvalue weighted by Gasteiger charge is 2.50. The van der Waals surface area contributed by atoms with E-state index >= 15 is 0 Å². The minimum Gasteiger partial charge on any atom is -0.452 e. The molecule has 0 spiro atoms. The number of aryl methyl sites for hydroxylation is 1. The van der Waals surface area contributed by atoms with Crippen molar-refractivity contribution in [3.8, 4) is 11.5 Å². The zero-order chi connectivity index (χ0) is 52.8. The molecular formula is C40H54N10O18P3S2+. The van der Waals surface area contributed by atoms with Crippen LogP contribution >= 0.6 is 22.4 Å². The number of aromatic nitrogens is 4. The van der Waals surface area contributed by atoms with Crippen LogP contribution in [0.25, 0.3) is 11.2 Å². The average molecular weight is 1120 g/mol. The normalized spacial score (nSPS) is 22.9. The number of phosphoric acid groups is 2. The van der Waals surface area contributed by atoms with Gasteiger partial charge in [-0.3, -0.25) is 18.4 Å². The largest absolute Gasteiger partial charge is 0.488 e. The fraction of sp³-hybridized carbons (Fsp3) is 0.525. The second kappa shape index (κ2) is 21.2. The number of ether oxygens (including phenoxy) is 3. The lowest BCUT2D eigenvalue weighted by atomic mass is 9.79. The molecule has 10 N–H and O–H groups in total. The maximum atomic E-state index is 13.2. The third-order valence-corrected chi connectivity index (χ3v) is 17.7. The number of benzene rings is 2. The highest BCUT2D eigenvalue weighted by molar-refractivity contribution is 8.08. The van der Waals surface area contributed by atoms with Crippen molar-refractivity contribution in [2.75, 3.05) is 55.7 Å². The number of amides is 2. The summed E-state index contributed by atoms with van der Waals surface area (Å²) in [6.07, 6.45) is -2.63. The van der Waals surface area contributed by atoms with Crippen molar-refractivity contribution in [2.24, 2.45) is 4.99 Å². The molecule has 0 bridgehead atoms. The fourth-order valence-corrected chi connectivity index (χ4v) is 14.0. The summed E-state index contributed by atoms with van der Waals surface area (Å²) in [6.45, 7) is 2.06. The zero-order valence-electron chi connectivity index (χ0n) is 39.3. The number of nitrogens with two attached hydrogens (primary N) is 1. The van der Waals surface area contributed by atoms with Crippen LogP contribution in [0.3, 0.4) is 0 Å². The van der Waals surface area contributed by atoms with E-state index < -0.39 is 86.9 Å². The number of fused-ring (bicyclic) bond motifs is 5. The Labute approximate surface area is 421 Å². The molecule has 73 heavy (non-hydrogen) atoms. The van der Waals surface area contributed by atoms with Crippen molar-refractivity contribution in [3.05, 3.63) is 58.8 Å². The molecule has 33 heteroatoms. The molecule has 8 rings (SSSR count). The molecule has 7 atom stereocenters. The van der Waals surface area contributed by atoms with E-state index in [1.54, 1.807) is 0 Å². The number of nitrogens with zero attached hydrogens (tertiary/aromatic N) is 7. The van der Waals surface area contributed by atoms with Crippen LogP contribution < -0.4 is 41.3 Å². The van der Waals surface area contributed by atoms with E-state index in [-0.39, 0.29) is 42.4 Å². The van der Waals surface area contributed by atoms with E-state index in [4.69, 9.17) is 29.5 Å². The molecular weight excluding hydrogens is 1070 g/mol. The standard InChI is InChI=1S/C40H53N10O18P3S2/c1-4-48-11-5-7-22-13-25-29(15-27(22)48)64-30-16-28-24(14-26(30)47-25)23(19-73(60,61)62)17-40(2,3)50(28)12-6-8-32(51)42-9-10-43-39(53)66-35-34(52)31(18-63-69(54,55)67-70(56,57)68-71(58,59)72)65-38(35)49-21-46-33-36(41)44-20-45-37(33)49/h13-16,20-21,23,31,34-35,38,52H,4-12,17-19H2,1-3H3,(H8-,41,42,43,44,45,51,53,54,55,56,57,58,59,60,61,62,72)/p+1/t23?,31-,34-,35-,38-/m1/s1. The van der Waals surface area contributed by atoms with Crippen molar-refractivity contribution in [3.63, 3.8) is 0 Å². The summed E-state index contributed by atoms with van der Waals surface area (Å²) >= 11 is 4.08. The van der Waals surface area contributed by atoms with Gasteiger partial charge < -0.3 is 60.2 Å². The Morgan fingerprint density at radius 1 is 1.04 bits per heavy atom. The summed E-state index contributed by atoms with van der Waals surface area (Å²) in [5, 5.41) is 18.2. The van der Waals surface area contributed by atoms with Gasteiger partial charge in [0.05, 0.1) is 24.8 Å². The van der Waals surface area contributed by atoms with Gasteiger partial charge in [-0.1, -0.05) is 0 Å². The van der Waals surface area contributed by atoms with Crippen molar-refractivity contribution >= 4 is 84.6 Å². The maximum Gasteiger partial charge on any atom is 0.488 e. The first-order valence-corrected chi connectivity index (χ1v) is 29.9. The van der Waals surface area contributed by atoms with Crippen molar-refractivity contribution < 1.29 is 83.7 Å². The van der Waals surface area contributed by atoms with Crippen LogP contribution in [0.1, 0.15) is 69.7 Å². The second-order valence-electron chi connectivity index (χ2n) is 18.1. The maximum absolute atomic E-state index is 13.2. The Bertz CT molecular complexity index is 3220. The Morgan fingerprint density at radius 2 is 1.79 bits per heavy atom. The molecule has 4 aliphatic rings. The molecule has 1 saturated heterocycles. The topological polar surface area (TPSA) is 391 Å². The smallest absolute Gasteiger partial charge is 0.452 e. The molecule has 4 aromatic rings. The summed E-state index contributed by atoms with van der Waals surface area (Å²) in [6, 6.07) is 7.72. The number of aliphatic hydroxyl groups is 1. The van der Waals surface area contributed by atoms with Crippen molar-refractivity contribution in [1.82, 2.24) is 34.7 Å². The highest BCUT2D eigenvalue weighted by atomic mass is 32.5. The number of phosphoric ester groups is 1. The van der Waals surface area contributed by atoms with Gasteiger partial charge in [0.25, 0.3) is 10.1 Å². The lowest BCUT2D eigenvalue weighted by molar-refractivity contribution is -0.121. The van der Waals surface area contributed by atoms with E-state index in [2.05, 4.69) is 62.4 Å². The van der Waals surface area contributed by atoms with E-state index in [1.807, 2.05) is 38.1 Å². The molecule has 0 saturated carbocycles. The lowest BCUT2D eigenvalue weighted by Crippen LogP contribution is -2.50. The number of imidazole rings is 1. The van der Waals surface area contributed by atoms with Crippen LogP contribution in [-0.2, 0) is 64.9 Å². The molecule has 1 fully saturated rings. The Kier molecular flexibility index (Phi) is 15.9. The zero-order valence-corrected chi connectivity index (χ0v) is 43.6. The number of nitrogens with one attached hydrogen (secondary N) is 2. The summed E-state index contributed by atoms with van der Waals surface area (Å²) in [5.41, 5.74) is 8.53. The van der Waals surface area contributed by atoms with Crippen LogP contribution in [0.4, 0.5) is 22.0 Å². The van der Waals surface area contributed by atoms with Crippen molar-refractivity contribution in [2.45, 2.75) is 88.9 Å². The third kappa shape index (κ3) is 12.9. The molecule has 3 unspecified atom stereocenters. The van der Waals surface area contributed by atoms with Gasteiger partial charge in [0.15, 0.2) is 35.3 Å². The number of hydrogen-bond donors (Lipinski definition) is 9. The number of alkyl carbamates (subject to hydrolysis) is 1. The van der Waals surface area contributed by atoms with Gasteiger partial charge in [-0.15, -0.1) is 0 Å². The summed E-state index contributed by atoms with van der Waals surface area (Å²) in [4.78, 5) is 83.5. The molecule has 28 nitrogen and oxygen atoms in total. The van der Waals surface area contributed by atoms with Gasteiger partial charge >= 0.3 is 28.5 Å². The van der Waals surface area contributed by atoms with Gasteiger partial charge in [-0.05, 0) is 69.5 Å². The Morgan fingerprint density at radius 3 is 2.52 bits per heavy atom. The number of carbonyl (C=O) groups is 2. The Balaban J connectivity index is 0.887. The molecule has 2 aromatic heterocycles. The SMILES string of the molecule is CC[N+]1=c2cc3c(cc2CCC1)=Nc1cc2c(cc1O3)N(CCCC(=O)NCCNC(=O)O[C@@H]1[C@H](O)[C@@H](COP(=O)(O)OP(=O)(O)OP(O)(O)=S)O[C@H]1n1cnc3c(N)ncnc31)C(C)(C)CC2CS(=O)(=O)O. The van der Waals surface area contributed by atoms with Crippen LogP contribution in [0, 0.1) is 0 Å². The molecule has 2 aromatic carbocycles. The van der Waals surface area contributed by atoms with Crippen LogP contribution in [0.15, 0.2) is 41.9 Å². The highest BCUT2D eigenvalue weighted by Crippen LogP contribution is 2.66. The summed E-state index contributed by atoms with van der Waals surface area (Å²) in [5.74, 6) is -0.357. The lowest BCUT2D eigenvalue weighted by Gasteiger charge is -2.48. The molecule has 0 radical (unpaired) electrons. The predicted molar refractivity (Wildman–Crippen MR) is 260 cm³/mol. The second-order valence-corrected chi connectivity index (χ2v) is 25.5. The van der Waals surface area contributed by atoms with Crippen LogP contribution in [0.5, 0.6) is 11.5 Å². The summed E-state index contributed by atoms with van der Waals surface area (Å²) < 4.78 is 93.1. The average Bonchev–Trinajstić information content (AvgIpc) is 3.84. The first kappa shape index (κ1) is 54.6. The molecule has 6 heterocycles. The summed E-state index contributed by atoms with van der Waals surface area (Å²) in [7, 11) is -15.6. The number of anilines is 2. The molecule has 398 valence electrons. The van der Waals surface area contributed by atoms with Crippen molar-refractivity contribution in [1.29, 1.82) is 0 Å². The Hall–Kier alpha value is -4.61. The van der Waals surface area contributed by atoms with Crippen LogP contribution in [-0.4, -0.2) is 138 Å². The quantitative estimate of drug-likeness (QED) is 0.0243. The first-order valence-electron chi connectivity index (χ1n) is 22.7.